The first-order chi connectivity index (χ1) is 8.65. The molecule has 2 aromatic rings. The van der Waals surface area contributed by atoms with Crippen LogP contribution in [0.5, 0.6) is 5.75 Å². The van der Waals surface area contributed by atoms with Crippen molar-refractivity contribution in [1.29, 1.82) is 0 Å². The smallest absolute Gasteiger partial charge is 0.273 e. The van der Waals surface area contributed by atoms with Crippen molar-refractivity contribution in [2.75, 3.05) is 7.11 Å². The molecule has 2 rings (SSSR count). The van der Waals surface area contributed by atoms with E-state index in [2.05, 4.69) is 4.98 Å². The van der Waals surface area contributed by atoms with Crippen molar-refractivity contribution >= 4 is 12.0 Å². The van der Waals surface area contributed by atoms with E-state index in [1.54, 1.807) is 4.57 Å². The number of imidazole rings is 1. The number of non-ortho nitro benzene ring substituents is 1. The quantitative estimate of drug-likeness (QED) is 0.465. The van der Waals surface area contributed by atoms with Crippen LogP contribution in [0.15, 0.2) is 30.7 Å². The predicted molar refractivity (Wildman–Crippen MR) is 62.2 cm³/mol. The molecule has 1 aromatic carbocycles. The number of hydrogen-bond donors (Lipinski definition) is 0. The molecular formula is C11H9N3O4. The zero-order valence-electron chi connectivity index (χ0n) is 9.44. The number of methoxy groups -OCH3 is 1. The second-order valence-electron chi connectivity index (χ2n) is 3.44. The summed E-state index contributed by atoms with van der Waals surface area (Å²) in [6, 6.07) is 4.21. The van der Waals surface area contributed by atoms with Crippen LogP contribution in [0.4, 0.5) is 5.69 Å². The first-order valence-electron chi connectivity index (χ1n) is 4.97. The maximum absolute atomic E-state index is 10.7. The Morgan fingerprint density at radius 2 is 2.28 bits per heavy atom. The largest absolute Gasteiger partial charge is 0.494 e. The van der Waals surface area contributed by atoms with Crippen LogP contribution >= 0.6 is 0 Å². The second-order valence-corrected chi connectivity index (χ2v) is 3.44. The van der Waals surface area contributed by atoms with Crippen molar-refractivity contribution in [1.82, 2.24) is 9.55 Å². The summed E-state index contributed by atoms with van der Waals surface area (Å²) in [6.07, 6.45) is 3.57. The molecule has 0 atom stereocenters. The molecule has 0 fully saturated rings. The summed E-state index contributed by atoms with van der Waals surface area (Å²) in [7, 11) is 1.42. The Morgan fingerprint density at radius 3 is 2.83 bits per heavy atom. The number of hydrogen-bond acceptors (Lipinski definition) is 5. The lowest BCUT2D eigenvalue weighted by Gasteiger charge is -2.08. The number of nitro benzene ring substituents is 1. The summed E-state index contributed by atoms with van der Waals surface area (Å²) in [4.78, 5) is 24.6. The standard InChI is InChI=1S/C11H9N3O4/c1-18-11-4-9(14(16)17)2-3-10(11)13-5-8(6-15)12-7-13/h2-7H,1H3. The Labute approximate surface area is 102 Å². The van der Waals surface area contributed by atoms with Gasteiger partial charge in [0.15, 0.2) is 6.29 Å². The highest BCUT2D eigenvalue weighted by Crippen LogP contribution is 2.27. The number of ether oxygens (including phenoxy) is 1. The van der Waals surface area contributed by atoms with E-state index < -0.39 is 4.92 Å². The molecule has 0 aliphatic carbocycles. The van der Waals surface area contributed by atoms with E-state index in [4.69, 9.17) is 4.74 Å². The van der Waals surface area contributed by atoms with Crippen molar-refractivity contribution in [2.45, 2.75) is 0 Å². The van der Waals surface area contributed by atoms with Crippen LogP contribution < -0.4 is 4.74 Å². The van der Waals surface area contributed by atoms with Gasteiger partial charge in [-0.25, -0.2) is 4.98 Å². The number of nitro groups is 1. The summed E-state index contributed by atoms with van der Waals surface area (Å²) in [5, 5.41) is 10.7. The number of aromatic nitrogens is 2. The van der Waals surface area contributed by atoms with Crippen molar-refractivity contribution < 1.29 is 14.5 Å². The summed E-state index contributed by atoms with van der Waals surface area (Å²) in [6.45, 7) is 0. The molecule has 1 heterocycles. The Bertz CT molecular complexity index is 606. The molecule has 0 bridgehead atoms. The first kappa shape index (κ1) is 11.8. The lowest BCUT2D eigenvalue weighted by Crippen LogP contribution is -1.97. The van der Waals surface area contributed by atoms with Gasteiger partial charge in [-0.05, 0) is 6.07 Å². The van der Waals surface area contributed by atoms with Crippen LogP contribution in [-0.2, 0) is 0 Å². The van der Waals surface area contributed by atoms with Crippen LogP contribution in [-0.4, -0.2) is 27.9 Å². The summed E-state index contributed by atoms with van der Waals surface area (Å²) in [5.41, 5.74) is 0.783. The summed E-state index contributed by atoms with van der Waals surface area (Å²) < 4.78 is 6.65. The lowest BCUT2D eigenvalue weighted by atomic mass is 10.2. The topological polar surface area (TPSA) is 87.3 Å². The van der Waals surface area contributed by atoms with Crippen LogP contribution in [0.25, 0.3) is 5.69 Å². The van der Waals surface area contributed by atoms with E-state index >= 15 is 0 Å². The minimum Gasteiger partial charge on any atom is -0.494 e. The molecule has 0 N–H and O–H groups in total. The first-order valence-corrected chi connectivity index (χ1v) is 4.97. The molecule has 0 saturated heterocycles. The third-order valence-corrected chi connectivity index (χ3v) is 2.38. The van der Waals surface area contributed by atoms with Gasteiger partial charge in [0.2, 0.25) is 0 Å². The maximum Gasteiger partial charge on any atom is 0.273 e. The van der Waals surface area contributed by atoms with Gasteiger partial charge in [-0.15, -0.1) is 0 Å². The number of carbonyl (C=O) groups excluding carboxylic acids is 1. The van der Waals surface area contributed by atoms with E-state index in [0.717, 1.165) is 0 Å². The Balaban J connectivity index is 2.50. The van der Waals surface area contributed by atoms with E-state index in [1.165, 1.54) is 37.8 Å². The van der Waals surface area contributed by atoms with E-state index in [0.29, 0.717) is 17.7 Å². The van der Waals surface area contributed by atoms with Crippen molar-refractivity contribution in [2.24, 2.45) is 0 Å². The highest BCUT2D eigenvalue weighted by molar-refractivity contribution is 5.71. The third kappa shape index (κ3) is 2.05. The molecule has 92 valence electrons. The van der Waals surface area contributed by atoms with Crippen molar-refractivity contribution in [3.8, 4) is 11.4 Å². The lowest BCUT2D eigenvalue weighted by molar-refractivity contribution is -0.384. The molecule has 1 aromatic heterocycles. The average Bonchev–Trinajstić information content (AvgIpc) is 2.86. The zero-order chi connectivity index (χ0) is 13.1. The van der Waals surface area contributed by atoms with Crippen LogP contribution in [0, 0.1) is 10.1 Å². The number of benzene rings is 1. The molecule has 0 unspecified atom stereocenters. The van der Waals surface area contributed by atoms with Gasteiger partial charge in [-0.1, -0.05) is 0 Å². The molecule has 18 heavy (non-hydrogen) atoms. The number of aldehydes is 1. The normalized spacial score (nSPS) is 10.1. The molecule has 0 radical (unpaired) electrons. The Kier molecular flexibility index (Phi) is 3.05. The van der Waals surface area contributed by atoms with Gasteiger partial charge in [0.25, 0.3) is 5.69 Å². The van der Waals surface area contributed by atoms with Gasteiger partial charge in [0.1, 0.15) is 17.8 Å². The fourth-order valence-corrected chi connectivity index (χ4v) is 1.52. The van der Waals surface area contributed by atoms with Crippen LogP contribution in [0.2, 0.25) is 0 Å². The molecule has 0 saturated carbocycles. The van der Waals surface area contributed by atoms with Gasteiger partial charge in [0, 0.05) is 12.3 Å². The SMILES string of the molecule is COc1cc([N+](=O)[O-])ccc1-n1cnc(C=O)c1. The third-order valence-electron chi connectivity index (χ3n) is 2.38. The highest BCUT2D eigenvalue weighted by atomic mass is 16.6. The fourth-order valence-electron chi connectivity index (χ4n) is 1.52. The van der Waals surface area contributed by atoms with Crippen molar-refractivity contribution in [3.05, 3.63) is 46.5 Å². The maximum atomic E-state index is 10.7. The van der Waals surface area contributed by atoms with Gasteiger partial charge < -0.3 is 9.30 Å². The minimum absolute atomic E-state index is 0.0636. The Hall–Kier alpha value is -2.70. The van der Waals surface area contributed by atoms with Gasteiger partial charge in [-0.3, -0.25) is 14.9 Å². The van der Waals surface area contributed by atoms with Gasteiger partial charge >= 0.3 is 0 Å². The molecular weight excluding hydrogens is 238 g/mol. The van der Waals surface area contributed by atoms with E-state index in [-0.39, 0.29) is 11.4 Å². The van der Waals surface area contributed by atoms with E-state index in [1.807, 2.05) is 0 Å². The fraction of sp³-hybridized carbons (Fsp3) is 0.0909. The van der Waals surface area contributed by atoms with Crippen LogP contribution in [0.1, 0.15) is 10.5 Å². The predicted octanol–water partition coefficient (Wildman–Crippen LogP) is 1.60. The average molecular weight is 247 g/mol. The van der Waals surface area contributed by atoms with Gasteiger partial charge in [-0.2, -0.15) is 0 Å². The number of carbonyl (C=O) groups is 1. The number of nitrogens with zero attached hydrogens (tertiary/aromatic N) is 3. The molecule has 0 spiro atoms. The van der Waals surface area contributed by atoms with Crippen molar-refractivity contribution in [3.63, 3.8) is 0 Å². The summed E-state index contributed by atoms with van der Waals surface area (Å²) in [5.74, 6) is 0.332. The molecule has 7 nitrogen and oxygen atoms in total. The van der Waals surface area contributed by atoms with E-state index in [9.17, 15) is 14.9 Å². The Morgan fingerprint density at radius 1 is 1.50 bits per heavy atom. The summed E-state index contributed by atoms with van der Waals surface area (Å²) >= 11 is 0. The second kappa shape index (κ2) is 4.66. The minimum atomic E-state index is -0.503. The molecule has 0 amide bonds. The van der Waals surface area contributed by atoms with Crippen LogP contribution in [0.3, 0.4) is 0 Å². The monoisotopic (exact) mass is 247 g/mol. The van der Waals surface area contributed by atoms with Gasteiger partial charge in [0.05, 0.1) is 23.8 Å². The highest BCUT2D eigenvalue weighted by Gasteiger charge is 2.12. The zero-order valence-corrected chi connectivity index (χ0v) is 9.44. The molecule has 7 heteroatoms. The molecule has 0 aliphatic rings. The molecule has 0 aliphatic heterocycles. The number of rotatable bonds is 4.